The zero-order valence-corrected chi connectivity index (χ0v) is 18.9. The molecule has 1 saturated heterocycles. The summed E-state index contributed by atoms with van der Waals surface area (Å²) in [5, 5.41) is 2.65. The minimum absolute atomic E-state index is 0.0602. The number of methoxy groups -OCH3 is 2. The summed E-state index contributed by atoms with van der Waals surface area (Å²) in [6.07, 6.45) is 2.06. The zero-order chi connectivity index (χ0) is 22.9. The summed E-state index contributed by atoms with van der Waals surface area (Å²) in [4.78, 5) is 39.6. The van der Waals surface area contributed by atoms with E-state index in [1.807, 2.05) is 4.90 Å². The summed E-state index contributed by atoms with van der Waals surface area (Å²) < 4.78 is 15.6. The van der Waals surface area contributed by atoms with Crippen LogP contribution in [0, 0.1) is 0 Å². The number of esters is 1. The van der Waals surface area contributed by atoms with Crippen molar-refractivity contribution in [3.8, 4) is 11.5 Å². The van der Waals surface area contributed by atoms with Crippen LogP contribution in [-0.2, 0) is 14.3 Å². The number of carbonyl (C=O) groups is 3. The Morgan fingerprint density at radius 3 is 2.44 bits per heavy atom. The highest BCUT2D eigenvalue weighted by Gasteiger charge is 2.20. The average molecular weight is 459 g/mol. The molecular formula is C23H26N2O6S. The van der Waals surface area contributed by atoms with Crippen molar-refractivity contribution in [3.05, 3.63) is 48.0 Å². The lowest BCUT2D eigenvalue weighted by atomic mass is 10.2. The van der Waals surface area contributed by atoms with Crippen molar-refractivity contribution in [1.29, 1.82) is 0 Å². The Labute approximate surface area is 191 Å². The second-order valence-electron chi connectivity index (χ2n) is 7.07. The molecule has 1 heterocycles. The summed E-state index contributed by atoms with van der Waals surface area (Å²) in [5.41, 5.74) is 0.811. The summed E-state index contributed by atoms with van der Waals surface area (Å²) in [5.74, 6) is 0.212. The summed E-state index contributed by atoms with van der Waals surface area (Å²) in [6.45, 7) is 1.13. The predicted molar refractivity (Wildman–Crippen MR) is 121 cm³/mol. The molecule has 170 valence electrons. The molecule has 9 heteroatoms. The van der Waals surface area contributed by atoms with Crippen molar-refractivity contribution >= 4 is 35.2 Å². The van der Waals surface area contributed by atoms with E-state index in [0.29, 0.717) is 27.6 Å². The number of carbonyl (C=O) groups excluding carboxylic acids is 3. The van der Waals surface area contributed by atoms with Gasteiger partial charge in [-0.1, -0.05) is 12.1 Å². The molecule has 1 N–H and O–H groups in total. The minimum atomic E-state index is -0.621. The van der Waals surface area contributed by atoms with Crippen molar-refractivity contribution in [2.75, 3.05) is 45.0 Å². The van der Waals surface area contributed by atoms with Crippen molar-refractivity contribution in [3.63, 3.8) is 0 Å². The molecule has 1 aliphatic rings. The molecule has 8 nitrogen and oxygen atoms in total. The molecule has 1 fully saturated rings. The van der Waals surface area contributed by atoms with Crippen LogP contribution in [0.2, 0.25) is 0 Å². The van der Waals surface area contributed by atoms with Gasteiger partial charge < -0.3 is 24.4 Å². The quantitative estimate of drug-likeness (QED) is 0.455. The molecule has 0 atom stereocenters. The van der Waals surface area contributed by atoms with Crippen LogP contribution in [0.5, 0.6) is 11.5 Å². The normalized spacial score (nSPS) is 12.9. The Kier molecular flexibility index (Phi) is 8.38. The van der Waals surface area contributed by atoms with E-state index in [9.17, 15) is 14.4 Å². The molecule has 0 aliphatic carbocycles. The van der Waals surface area contributed by atoms with Gasteiger partial charge in [0.15, 0.2) is 18.1 Å². The first-order valence-electron chi connectivity index (χ1n) is 10.2. The van der Waals surface area contributed by atoms with Gasteiger partial charge in [-0.3, -0.25) is 9.59 Å². The first kappa shape index (κ1) is 23.5. The molecule has 0 radical (unpaired) electrons. The van der Waals surface area contributed by atoms with Crippen LogP contribution < -0.4 is 14.8 Å². The second kappa shape index (κ2) is 11.4. The Morgan fingerprint density at radius 2 is 1.72 bits per heavy atom. The molecular weight excluding hydrogens is 432 g/mol. The Bertz CT molecular complexity index is 975. The number of benzene rings is 2. The highest BCUT2D eigenvalue weighted by molar-refractivity contribution is 8.00. The summed E-state index contributed by atoms with van der Waals surface area (Å²) in [6, 6.07) is 11.8. The summed E-state index contributed by atoms with van der Waals surface area (Å²) in [7, 11) is 3.02. The number of ether oxygens (including phenoxy) is 3. The topological polar surface area (TPSA) is 94.2 Å². The van der Waals surface area contributed by atoms with E-state index in [-0.39, 0.29) is 11.7 Å². The third-order valence-electron chi connectivity index (χ3n) is 4.92. The number of nitrogens with zero attached hydrogens (tertiary/aromatic N) is 1. The first-order valence-corrected chi connectivity index (χ1v) is 11.2. The Hall–Kier alpha value is -3.20. The molecule has 1 aliphatic heterocycles. The second-order valence-corrected chi connectivity index (χ2v) is 8.08. The lowest BCUT2D eigenvalue weighted by Gasteiger charge is -2.15. The van der Waals surface area contributed by atoms with E-state index < -0.39 is 18.5 Å². The summed E-state index contributed by atoms with van der Waals surface area (Å²) >= 11 is 1.30. The van der Waals surface area contributed by atoms with Crippen molar-refractivity contribution < 1.29 is 28.6 Å². The van der Waals surface area contributed by atoms with Crippen LogP contribution in [0.4, 0.5) is 5.69 Å². The van der Waals surface area contributed by atoms with E-state index in [4.69, 9.17) is 14.2 Å². The standard InChI is InChI=1S/C23H26N2O6S/c1-29-18-10-9-16(13-19(18)30-2)24-21(26)14-31-23(28)17-7-3-4-8-20(17)32-15-22(27)25-11-5-6-12-25/h3-4,7-10,13H,5-6,11-12,14-15H2,1-2H3,(H,24,26). The van der Waals surface area contributed by atoms with Gasteiger partial charge in [-0.05, 0) is 37.1 Å². The number of likely N-dealkylation sites (tertiary alicyclic amines) is 1. The zero-order valence-electron chi connectivity index (χ0n) is 18.1. The molecule has 0 spiro atoms. The maximum Gasteiger partial charge on any atom is 0.339 e. The SMILES string of the molecule is COc1ccc(NC(=O)COC(=O)c2ccccc2SCC(=O)N2CCCC2)cc1OC. The van der Waals surface area contributed by atoms with Gasteiger partial charge in [-0.25, -0.2) is 4.79 Å². The lowest BCUT2D eigenvalue weighted by molar-refractivity contribution is -0.127. The van der Waals surface area contributed by atoms with Gasteiger partial charge in [-0.15, -0.1) is 11.8 Å². The molecule has 2 amide bonds. The number of amides is 2. The van der Waals surface area contributed by atoms with E-state index in [2.05, 4.69) is 5.32 Å². The van der Waals surface area contributed by atoms with Crippen molar-refractivity contribution in [2.24, 2.45) is 0 Å². The third kappa shape index (κ3) is 6.16. The first-order chi connectivity index (χ1) is 15.5. The van der Waals surface area contributed by atoms with Crippen LogP contribution in [0.25, 0.3) is 0 Å². The molecule has 2 aromatic rings. The molecule has 0 saturated carbocycles. The number of hydrogen-bond donors (Lipinski definition) is 1. The van der Waals surface area contributed by atoms with E-state index >= 15 is 0 Å². The van der Waals surface area contributed by atoms with Gasteiger partial charge in [0, 0.05) is 29.7 Å². The number of anilines is 1. The van der Waals surface area contributed by atoms with Crippen molar-refractivity contribution in [1.82, 2.24) is 4.90 Å². The smallest absolute Gasteiger partial charge is 0.339 e. The van der Waals surface area contributed by atoms with Gasteiger partial charge in [-0.2, -0.15) is 0 Å². The fraction of sp³-hybridized carbons (Fsp3) is 0.348. The van der Waals surface area contributed by atoms with Crippen LogP contribution >= 0.6 is 11.8 Å². The van der Waals surface area contributed by atoms with Crippen LogP contribution in [0.3, 0.4) is 0 Å². The minimum Gasteiger partial charge on any atom is -0.493 e. The Morgan fingerprint density at radius 1 is 1.00 bits per heavy atom. The fourth-order valence-corrected chi connectivity index (χ4v) is 4.22. The third-order valence-corrected chi connectivity index (χ3v) is 5.98. The number of thioether (sulfide) groups is 1. The van der Waals surface area contributed by atoms with Gasteiger partial charge in [0.2, 0.25) is 5.91 Å². The Balaban J connectivity index is 1.54. The maximum absolute atomic E-state index is 12.6. The lowest BCUT2D eigenvalue weighted by Crippen LogP contribution is -2.29. The van der Waals surface area contributed by atoms with E-state index in [0.717, 1.165) is 25.9 Å². The van der Waals surface area contributed by atoms with E-state index in [1.54, 1.807) is 42.5 Å². The van der Waals surface area contributed by atoms with Gasteiger partial charge >= 0.3 is 5.97 Å². The number of rotatable bonds is 9. The molecule has 3 rings (SSSR count). The highest BCUT2D eigenvalue weighted by Crippen LogP contribution is 2.29. The fourth-order valence-electron chi connectivity index (χ4n) is 3.28. The monoisotopic (exact) mass is 458 g/mol. The van der Waals surface area contributed by atoms with Crippen LogP contribution in [0.15, 0.2) is 47.4 Å². The van der Waals surface area contributed by atoms with Gasteiger partial charge in [0.25, 0.3) is 5.91 Å². The molecule has 2 aromatic carbocycles. The van der Waals surface area contributed by atoms with Crippen LogP contribution in [0.1, 0.15) is 23.2 Å². The number of nitrogens with one attached hydrogen (secondary N) is 1. The molecule has 0 unspecified atom stereocenters. The average Bonchev–Trinajstić information content (AvgIpc) is 3.36. The molecule has 0 aromatic heterocycles. The highest BCUT2D eigenvalue weighted by atomic mass is 32.2. The maximum atomic E-state index is 12.6. The number of hydrogen-bond acceptors (Lipinski definition) is 7. The van der Waals surface area contributed by atoms with Gasteiger partial charge in [0.1, 0.15) is 0 Å². The predicted octanol–water partition coefficient (Wildman–Crippen LogP) is 3.21. The molecule has 0 bridgehead atoms. The largest absolute Gasteiger partial charge is 0.493 e. The van der Waals surface area contributed by atoms with E-state index in [1.165, 1.54) is 26.0 Å². The molecule has 32 heavy (non-hydrogen) atoms. The van der Waals surface area contributed by atoms with Crippen LogP contribution in [-0.4, -0.2) is 62.4 Å². The van der Waals surface area contributed by atoms with Crippen molar-refractivity contribution in [2.45, 2.75) is 17.7 Å². The van der Waals surface area contributed by atoms with Gasteiger partial charge in [0.05, 0.1) is 25.5 Å².